The Balaban J connectivity index is 2.12. The highest BCUT2D eigenvalue weighted by Gasteiger charge is 2.27. The maximum atomic E-state index is 12.6. The summed E-state index contributed by atoms with van der Waals surface area (Å²) in [4.78, 5) is 4.05. The second-order valence-corrected chi connectivity index (χ2v) is 7.71. The molecule has 0 spiro atoms. The van der Waals surface area contributed by atoms with Gasteiger partial charge in [-0.2, -0.15) is 0 Å². The van der Waals surface area contributed by atoms with Gasteiger partial charge < -0.3 is 5.73 Å². The number of hydrazine groups is 1. The summed E-state index contributed by atoms with van der Waals surface area (Å²) in [6.45, 7) is 0. The largest absolute Gasteiger partial charge is 0.386 e. The van der Waals surface area contributed by atoms with Gasteiger partial charge >= 0.3 is 0 Å². The number of anilines is 1. The summed E-state index contributed by atoms with van der Waals surface area (Å²) in [5, 5.41) is 3.57. The van der Waals surface area contributed by atoms with E-state index in [2.05, 4.69) is 4.99 Å². The molecule has 22 heavy (non-hydrogen) atoms. The van der Waals surface area contributed by atoms with Gasteiger partial charge in [0, 0.05) is 16.8 Å². The highest BCUT2D eigenvalue weighted by Crippen LogP contribution is 2.32. The van der Waals surface area contributed by atoms with Crippen LogP contribution >= 0.6 is 22.9 Å². The molecule has 2 heterocycles. The fourth-order valence-corrected chi connectivity index (χ4v) is 4.20. The van der Waals surface area contributed by atoms with Crippen LogP contribution in [0.15, 0.2) is 56.4 Å². The smallest absolute Gasteiger partial charge is 0.225 e. The standard InChI is InChI=1S/C13H11ClN4O2S2/c14-9-2-1-3-10(6-9)22(19,20)11(15)12-17-7-8-4-5-21-13(8)18(12)16/h1-7H,15-16H2/b12-11+. The summed E-state index contributed by atoms with van der Waals surface area (Å²) >= 11 is 7.21. The lowest BCUT2D eigenvalue weighted by molar-refractivity contribution is 0.600. The summed E-state index contributed by atoms with van der Waals surface area (Å²) in [7, 11) is -3.94. The van der Waals surface area contributed by atoms with E-state index in [9.17, 15) is 8.42 Å². The zero-order valence-electron chi connectivity index (χ0n) is 11.1. The highest BCUT2D eigenvalue weighted by atomic mass is 35.5. The van der Waals surface area contributed by atoms with Crippen molar-refractivity contribution < 1.29 is 8.42 Å². The minimum atomic E-state index is -3.94. The van der Waals surface area contributed by atoms with E-state index < -0.39 is 14.9 Å². The molecule has 1 aliphatic rings. The van der Waals surface area contributed by atoms with Gasteiger partial charge in [-0.25, -0.2) is 24.3 Å². The van der Waals surface area contributed by atoms with Crippen molar-refractivity contribution in [2.24, 2.45) is 16.6 Å². The van der Waals surface area contributed by atoms with Crippen molar-refractivity contribution in [1.82, 2.24) is 0 Å². The molecule has 114 valence electrons. The van der Waals surface area contributed by atoms with E-state index >= 15 is 0 Å². The van der Waals surface area contributed by atoms with E-state index in [0.717, 1.165) is 5.56 Å². The maximum absolute atomic E-state index is 12.6. The number of benzene rings is 1. The fraction of sp³-hybridized carbons (Fsp3) is 0. The van der Waals surface area contributed by atoms with Crippen LogP contribution in [0.3, 0.4) is 0 Å². The van der Waals surface area contributed by atoms with Gasteiger partial charge in [0.2, 0.25) is 9.84 Å². The molecule has 0 bridgehead atoms. The fourth-order valence-electron chi connectivity index (χ4n) is 1.96. The molecular weight excluding hydrogens is 344 g/mol. The van der Waals surface area contributed by atoms with Gasteiger partial charge in [0.25, 0.3) is 0 Å². The van der Waals surface area contributed by atoms with Gasteiger partial charge in [-0.15, -0.1) is 11.3 Å². The Morgan fingerprint density at radius 2 is 2.09 bits per heavy atom. The minimum absolute atomic E-state index is 0.00873. The molecular formula is C13H11ClN4O2S2. The molecule has 9 heteroatoms. The van der Waals surface area contributed by atoms with Crippen molar-refractivity contribution in [2.45, 2.75) is 4.90 Å². The van der Waals surface area contributed by atoms with E-state index in [0.29, 0.717) is 10.0 Å². The second-order valence-electron chi connectivity index (χ2n) is 4.46. The average Bonchev–Trinajstić information content (AvgIpc) is 2.96. The summed E-state index contributed by atoms with van der Waals surface area (Å²) in [6, 6.07) is 7.69. The van der Waals surface area contributed by atoms with Crippen molar-refractivity contribution in [2.75, 3.05) is 5.01 Å². The molecule has 4 N–H and O–H groups in total. The van der Waals surface area contributed by atoms with Crippen molar-refractivity contribution in [1.29, 1.82) is 0 Å². The van der Waals surface area contributed by atoms with Crippen LogP contribution in [-0.2, 0) is 9.84 Å². The van der Waals surface area contributed by atoms with Crippen LogP contribution in [0.25, 0.3) is 0 Å². The van der Waals surface area contributed by atoms with Gasteiger partial charge in [-0.1, -0.05) is 17.7 Å². The predicted molar refractivity (Wildman–Crippen MR) is 88.4 cm³/mol. The molecule has 0 saturated carbocycles. The molecule has 3 rings (SSSR count). The molecule has 1 aliphatic heterocycles. The Bertz CT molecular complexity index is 902. The first-order chi connectivity index (χ1) is 10.4. The van der Waals surface area contributed by atoms with Crippen LogP contribution in [-0.4, -0.2) is 14.6 Å². The molecule has 0 radical (unpaired) electrons. The minimum Gasteiger partial charge on any atom is -0.386 e. The molecule has 0 unspecified atom stereocenters. The predicted octanol–water partition coefficient (Wildman–Crippen LogP) is 2.07. The topological polar surface area (TPSA) is 102 Å². The summed E-state index contributed by atoms with van der Waals surface area (Å²) < 4.78 is 25.2. The normalized spacial score (nSPS) is 16.5. The Kier molecular flexibility index (Phi) is 3.69. The highest BCUT2D eigenvalue weighted by molar-refractivity contribution is 7.95. The number of aliphatic imine (C=N–C) groups is 1. The first-order valence-corrected chi connectivity index (χ1v) is 8.82. The Morgan fingerprint density at radius 3 is 2.82 bits per heavy atom. The van der Waals surface area contributed by atoms with Crippen molar-refractivity contribution in [3.63, 3.8) is 0 Å². The lowest BCUT2D eigenvalue weighted by Crippen LogP contribution is -2.35. The second kappa shape index (κ2) is 5.40. The van der Waals surface area contributed by atoms with E-state index in [4.69, 9.17) is 23.2 Å². The summed E-state index contributed by atoms with van der Waals surface area (Å²) in [6.07, 6.45) is 1.53. The summed E-state index contributed by atoms with van der Waals surface area (Å²) in [5.41, 5.74) is 6.65. The lowest BCUT2D eigenvalue weighted by Gasteiger charge is -2.22. The van der Waals surface area contributed by atoms with E-state index in [1.165, 1.54) is 40.8 Å². The van der Waals surface area contributed by atoms with Crippen molar-refractivity contribution >= 4 is 44.0 Å². The van der Waals surface area contributed by atoms with Crippen molar-refractivity contribution in [3.8, 4) is 0 Å². The first kappa shape index (κ1) is 15.0. The molecule has 1 aromatic carbocycles. The molecule has 2 aromatic rings. The number of nitrogens with two attached hydrogens (primary N) is 2. The quantitative estimate of drug-likeness (QED) is 0.804. The number of fused-ring (bicyclic) bond motifs is 1. The molecule has 0 amide bonds. The summed E-state index contributed by atoms with van der Waals surface area (Å²) in [5.74, 6) is 5.92. The van der Waals surface area contributed by atoms with Gasteiger partial charge in [-0.05, 0) is 29.6 Å². The third kappa shape index (κ3) is 2.40. The lowest BCUT2D eigenvalue weighted by atomic mass is 10.3. The monoisotopic (exact) mass is 354 g/mol. The van der Waals surface area contributed by atoms with Gasteiger partial charge in [0.1, 0.15) is 5.00 Å². The number of hydrogen-bond donors (Lipinski definition) is 2. The SMILES string of the molecule is N/C(=C1/N=Cc2ccsc2N1N)S(=O)(=O)c1cccc(Cl)c1. The number of hydrogen-bond acceptors (Lipinski definition) is 7. The first-order valence-electron chi connectivity index (χ1n) is 6.08. The number of nitrogens with zero attached hydrogens (tertiary/aromatic N) is 2. The number of sulfone groups is 1. The Morgan fingerprint density at radius 1 is 1.32 bits per heavy atom. The van der Waals surface area contributed by atoms with Crippen LogP contribution < -0.4 is 16.6 Å². The van der Waals surface area contributed by atoms with Gasteiger partial charge in [0.15, 0.2) is 10.9 Å². The van der Waals surface area contributed by atoms with E-state index in [1.54, 1.807) is 6.07 Å². The van der Waals surface area contributed by atoms with Crippen LogP contribution in [0.4, 0.5) is 5.00 Å². The zero-order valence-corrected chi connectivity index (χ0v) is 13.5. The van der Waals surface area contributed by atoms with Crippen LogP contribution in [0.5, 0.6) is 0 Å². The number of rotatable bonds is 2. The molecule has 0 atom stereocenters. The van der Waals surface area contributed by atoms with Crippen LogP contribution in [0.2, 0.25) is 5.02 Å². The third-order valence-electron chi connectivity index (χ3n) is 3.06. The van der Waals surface area contributed by atoms with Crippen LogP contribution in [0.1, 0.15) is 5.56 Å². The Labute approximate surface area is 136 Å². The van der Waals surface area contributed by atoms with Gasteiger partial charge in [0.05, 0.1) is 4.90 Å². The molecule has 0 fully saturated rings. The van der Waals surface area contributed by atoms with Gasteiger partial charge in [-0.3, -0.25) is 0 Å². The molecule has 0 saturated heterocycles. The number of halogens is 1. The third-order valence-corrected chi connectivity index (χ3v) is 5.86. The molecule has 6 nitrogen and oxygen atoms in total. The number of thiophene rings is 1. The van der Waals surface area contributed by atoms with Crippen LogP contribution in [0, 0.1) is 0 Å². The van der Waals surface area contributed by atoms with E-state index in [1.807, 2.05) is 11.4 Å². The van der Waals surface area contributed by atoms with E-state index in [-0.39, 0.29) is 10.7 Å². The van der Waals surface area contributed by atoms with Crippen molar-refractivity contribution in [3.05, 3.63) is 57.1 Å². The zero-order chi connectivity index (χ0) is 15.9. The molecule has 0 aliphatic carbocycles. The maximum Gasteiger partial charge on any atom is 0.225 e. The average molecular weight is 355 g/mol. The Hall–Kier alpha value is -1.87. The molecule has 1 aromatic heterocycles.